The van der Waals surface area contributed by atoms with Crippen LogP contribution in [0.25, 0.3) is 0 Å². The van der Waals surface area contributed by atoms with Gasteiger partial charge < -0.3 is 0 Å². The minimum absolute atomic E-state index is 0.554. The molecule has 0 aliphatic heterocycles. The van der Waals surface area contributed by atoms with E-state index in [-0.39, 0.29) is 0 Å². The van der Waals surface area contributed by atoms with E-state index in [1.54, 1.807) is 0 Å². The summed E-state index contributed by atoms with van der Waals surface area (Å²) in [5.41, 5.74) is 0. The molecule has 0 atom stereocenters. The molecule has 15 heavy (non-hydrogen) atoms. The van der Waals surface area contributed by atoms with E-state index in [0.717, 1.165) is 0 Å². The van der Waals surface area contributed by atoms with Crippen LogP contribution in [-0.4, -0.2) is 44.5 Å². The second-order valence-electron chi connectivity index (χ2n) is 4.53. The molecule has 3 heteroatoms. The van der Waals surface area contributed by atoms with E-state index < -0.39 is 21.6 Å². The van der Waals surface area contributed by atoms with E-state index in [1.165, 1.54) is 68.6 Å². The van der Waals surface area contributed by atoms with E-state index in [4.69, 9.17) is 1.41 Å². The van der Waals surface area contributed by atoms with Gasteiger partial charge in [0.25, 0.3) is 0 Å². The third-order valence-electron chi connectivity index (χ3n) is 2.95. The van der Waals surface area contributed by atoms with Crippen LogP contribution in [0.2, 0.25) is 4.44 Å². The Balaban J connectivity index is 2.81. The van der Waals surface area contributed by atoms with Gasteiger partial charge in [-0.3, -0.25) is 0 Å². The Labute approximate surface area is 121 Å². The molecule has 0 aromatic rings. The predicted molar refractivity (Wildman–Crippen MR) is 76.2 cm³/mol. The van der Waals surface area contributed by atoms with Gasteiger partial charge in [0, 0.05) is 0 Å². The van der Waals surface area contributed by atoms with E-state index >= 15 is 0 Å². The van der Waals surface area contributed by atoms with Gasteiger partial charge in [0.15, 0.2) is 0 Å². The molecule has 1 nitrogen and oxygen atoms in total. The Hall–Kier alpha value is 1.56. The molecule has 0 fully saturated rings. The van der Waals surface area contributed by atoms with Crippen molar-refractivity contribution in [1.82, 2.24) is 0 Å². The predicted octanol–water partition coefficient (Wildman–Crippen LogP) is 2.71. The zero-order chi connectivity index (χ0) is 11.2. The molecule has 0 heterocycles. The van der Waals surface area contributed by atoms with E-state index in [2.05, 4.69) is 6.92 Å². The molecule has 0 unspecified atom stereocenters. The molecule has 0 aliphatic rings. The van der Waals surface area contributed by atoms with Gasteiger partial charge in [-0.15, -0.1) is 0 Å². The first kappa shape index (κ1) is 16.6. The fourth-order valence-electron chi connectivity index (χ4n) is 1.91. The van der Waals surface area contributed by atoms with E-state index in [1.807, 2.05) is 0 Å². The summed E-state index contributed by atoms with van der Waals surface area (Å²) in [4.78, 5) is 0. The molecule has 0 radical (unpaired) electrons. The minimum atomic E-state index is -0.588. The second kappa shape index (κ2) is 15.6. The number of hydrogen-bond acceptors (Lipinski definition) is 1. The summed E-state index contributed by atoms with van der Waals surface area (Å²) >= 11 is -0.0343. The van der Waals surface area contributed by atoms with Gasteiger partial charge in [0.05, 0.1) is 0 Å². The Morgan fingerprint density at radius 1 is 0.800 bits per heavy atom. The monoisotopic (exact) mass is 430 g/mol. The standard InChI is InChI=1S/C12H25.O.2Sn.5H/c1-3-5-7-9-11-12-10-8-6-4-2;;;;;;;;/h1,3-12H2,2H3;;;;;;;;. The summed E-state index contributed by atoms with van der Waals surface area (Å²) in [6.45, 7) is 2.29. The summed E-state index contributed by atoms with van der Waals surface area (Å²) in [5.74, 6) is 0. The van der Waals surface area contributed by atoms with Gasteiger partial charge in [-0.25, -0.2) is 0 Å². The second-order valence-corrected chi connectivity index (χ2v) is 20.4. The van der Waals surface area contributed by atoms with Crippen LogP contribution in [0.1, 0.15) is 71.1 Å². The third-order valence-corrected chi connectivity index (χ3v) is 14.2. The average molecular weight is 428 g/mol. The van der Waals surface area contributed by atoms with Crippen LogP contribution in [-0.2, 0) is 1.41 Å². The zero-order valence-corrected chi connectivity index (χ0v) is 20.6. The molecule has 0 bridgehead atoms. The van der Waals surface area contributed by atoms with Crippen molar-refractivity contribution in [3.63, 3.8) is 0 Å². The molecule has 0 aliphatic carbocycles. The first-order chi connectivity index (χ1) is 7.41. The summed E-state index contributed by atoms with van der Waals surface area (Å²) < 4.78 is 6.95. The fraction of sp³-hybridized carbons (Fsp3) is 1.00. The maximum atomic E-state index is 5.44. The topological polar surface area (TPSA) is 9.23 Å². The van der Waals surface area contributed by atoms with Crippen molar-refractivity contribution in [2.24, 2.45) is 0 Å². The van der Waals surface area contributed by atoms with Crippen LogP contribution in [0.15, 0.2) is 0 Å². The molecular formula is C12H30OSn2. The number of unbranched alkanes of at least 4 members (excludes halogenated alkanes) is 9. The van der Waals surface area contributed by atoms with Gasteiger partial charge >= 0.3 is 121 Å². The average Bonchev–Trinajstić information content (AvgIpc) is 2.26. The van der Waals surface area contributed by atoms with E-state index in [9.17, 15) is 0 Å². The first-order valence-corrected chi connectivity index (χ1v) is 13.7. The quantitative estimate of drug-likeness (QED) is 0.344. The normalized spacial score (nSPS) is 11.8. The van der Waals surface area contributed by atoms with Crippen LogP contribution in [0.4, 0.5) is 0 Å². The third kappa shape index (κ3) is 15.6. The van der Waals surface area contributed by atoms with Crippen LogP contribution < -0.4 is 0 Å². The Morgan fingerprint density at radius 3 is 1.73 bits per heavy atom. The van der Waals surface area contributed by atoms with Crippen molar-refractivity contribution >= 4 is 44.5 Å². The van der Waals surface area contributed by atoms with Crippen LogP contribution in [0.5, 0.6) is 0 Å². The van der Waals surface area contributed by atoms with Crippen molar-refractivity contribution in [2.45, 2.75) is 75.6 Å². The van der Waals surface area contributed by atoms with Crippen molar-refractivity contribution in [1.29, 1.82) is 0 Å². The molecule has 0 aromatic carbocycles. The Kier molecular flexibility index (Phi) is 17.2. The first-order valence-electron chi connectivity index (χ1n) is 6.90. The molecule has 0 rings (SSSR count). The van der Waals surface area contributed by atoms with Crippen molar-refractivity contribution in [2.75, 3.05) is 0 Å². The van der Waals surface area contributed by atoms with Crippen LogP contribution in [0, 0.1) is 0 Å². The Morgan fingerprint density at radius 2 is 1.27 bits per heavy atom. The van der Waals surface area contributed by atoms with Gasteiger partial charge in [-0.2, -0.15) is 0 Å². The number of hydrogen-bond donors (Lipinski definition) is 0. The zero-order valence-electron chi connectivity index (χ0n) is 10.9. The van der Waals surface area contributed by atoms with Gasteiger partial charge in [0.1, 0.15) is 0 Å². The molecule has 0 N–H and O–H groups in total. The molecular weight excluding hydrogens is 398 g/mol. The molecule has 92 valence electrons. The van der Waals surface area contributed by atoms with E-state index in [0.29, 0.717) is 22.9 Å². The SMILES string of the molecule is CCCCCCCCCCC[CH2][SnH2][O][SnH3]. The summed E-state index contributed by atoms with van der Waals surface area (Å²) in [7, 11) is 0. The maximum absolute atomic E-state index is 5.44. The molecule has 0 aromatic heterocycles. The summed E-state index contributed by atoms with van der Waals surface area (Å²) in [6, 6.07) is 0. The van der Waals surface area contributed by atoms with Crippen LogP contribution >= 0.6 is 0 Å². The van der Waals surface area contributed by atoms with Crippen molar-refractivity contribution in [3.8, 4) is 0 Å². The molecule has 0 amide bonds. The molecule has 0 saturated carbocycles. The van der Waals surface area contributed by atoms with Crippen molar-refractivity contribution < 1.29 is 1.41 Å². The van der Waals surface area contributed by atoms with Gasteiger partial charge in [-0.1, -0.05) is 0 Å². The van der Waals surface area contributed by atoms with Crippen molar-refractivity contribution in [3.05, 3.63) is 0 Å². The van der Waals surface area contributed by atoms with Gasteiger partial charge in [-0.05, 0) is 0 Å². The summed E-state index contributed by atoms with van der Waals surface area (Å²) in [6.07, 6.45) is 14.6. The fourth-order valence-corrected chi connectivity index (χ4v) is 9.85. The summed E-state index contributed by atoms with van der Waals surface area (Å²) in [5, 5.41) is 0. The Bertz CT molecular complexity index is 97.8. The van der Waals surface area contributed by atoms with Crippen LogP contribution in [0.3, 0.4) is 0 Å². The molecule has 0 saturated heterocycles. The number of rotatable bonds is 12. The van der Waals surface area contributed by atoms with Gasteiger partial charge in [0.2, 0.25) is 0 Å². The molecule has 0 spiro atoms.